The highest BCUT2D eigenvalue weighted by atomic mass is 16.5. The number of hydrogen-bond acceptors (Lipinski definition) is 5. The molecule has 6 nitrogen and oxygen atoms in total. The first kappa shape index (κ1) is 18.1. The maximum absolute atomic E-state index is 12.4. The SMILES string of the molecule is O=c1cc2c(nn1CC1CCN(CC3(O)CCCOC3)CC1)CCCC2. The number of hydrogen-bond donors (Lipinski definition) is 1. The van der Waals surface area contributed by atoms with Gasteiger partial charge in [0.25, 0.3) is 5.56 Å². The smallest absolute Gasteiger partial charge is 0.267 e. The van der Waals surface area contributed by atoms with Gasteiger partial charge in [-0.2, -0.15) is 5.10 Å². The molecule has 144 valence electrons. The fourth-order valence-electron chi connectivity index (χ4n) is 4.68. The summed E-state index contributed by atoms with van der Waals surface area (Å²) in [4.78, 5) is 14.7. The summed E-state index contributed by atoms with van der Waals surface area (Å²) in [5.74, 6) is 0.496. The lowest BCUT2D eigenvalue weighted by Gasteiger charge is -2.39. The van der Waals surface area contributed by atoms with Crippen LogP contribution in [0, 0.1) is 5.92 Å². The predicted molar refractivity (Wildman–Crippen MR) is 99.3 cm³/mol. The molecule has 2 aliphatic heterocycles. The van der Waals surface area contributed by atoms with E-state index in [1.54, 1.807) is 4.68 Å². The van der Waals surface area contributed by atoms with Gasteiger partial charge in [0.05, 0.1) is 12.3 Å². The lowest BCUT2D eigenvalue weighted by molar-refractivity contribution is -0.103. The van der Waals surface area contributed by atoms with Crippen LogP contribution in [0.2, 0.25) is 0 Å². The Bertz CT molecular complexity index is 673. The van der Waals surface area contributed by atoms with Gasteiger partial charge in [0.15, 0.2) is 0 Å². The molecule has 2 saturated heterocycles. The van der Waals surface area contributed by atoms with Crippen molar-refractivity contribution < 1.29 is 9.84 Å². The van der Waals surface area contributed by atoms with Gasteiger partial charge in [-0.1, -0.05) is 0 Å². The van der Waals surface area contributed by atoms with Gasteiger partial charge in [-0.15, -0.1) is 0 Å². The number of nitrogens with zero attached hydrogens (tertiary/aromatic N) is 3. The van der Waals surface area contributed by atoms with Gasteiger partial charge in [0.1, 0.15) is 5.60 Å². The molecule has 3 aliphatic rings. The Hall–Kier alpha value is -1.24. The summed E-state index contributed by atoms with van der Waals surface area (Å²) in [6.45, 7) is 4.62. The lowest BCUT2D eigenvalue weighted by atomic mass is 9.92. The van der Waals surface area contributed by atoms with Crippen LogP contribution < -0.4 is 5.56 Å². The second kappa shape index (κ2) is 7.79. The molecule has 0 bridgehead atoms. The number of piperidine rings is 1. The molecule has 1 aliphatic carbocycles. The Kier molecular flexibility index (Phi) is 5.43. The van der Waals surface area contributed by atoms with Crippen LogP contribution in [0.4, 0.5) is 0 Å². The van der Waals surface area contributed by atoms with Crippen LogP contribution in [0.5, 0.6) is 0 Å². The molecule has 0 radical (unpaired) electrons. The van der Waals surface area contributed by atoms with E-state index in [-0.39, 0.29) is 5.56 Å². The minimum Gasteiger partial charge on any atom is -0.386 e. The van der Waals surface area contributed by atoms with Crippen LogP contribution in [-0.4, -0.2) is 58.2 Å². The zero-order valence-electron chi connectivity index (χ0n) is 15.7. The maximum Gasteiger partial charge on any atom is 0.267 e. The first-order valence-corrected chi connectivity index (χ1v) is 10.2. The lowest BCUT2D eigenvalue weighted by Crippen LogP contribution is -2.50. The van der Waals surface area contributed by atoms with E-state index >= 15 is 0 Å². The molecule has 4 rings (SSSR count). The molecule has 1 aromatic heterocycles. The second-order valence-electron chi connectivity index (χ2n) is 8.44. The third-order valence-corrected chi connectivity index (χ3v) is 6.23. The molecule has 0 amide bonds. The zero-order valence-corrected chi connectivity index (χ0v) is 15.7. The molecule has 6 heteroatoms. The first-order valence-electron chi connectivity index (χ1n) is 10.2. The number of ether oxygens (including phenoxy) is 1. The maximum atomic E-state index is 12.4. The number of aliphatic hydroxyl groups is 1. The van der Waals surface area contributed by atoms with E-state index < -0.39 is 5.60 Å². The number of aryl methyl sites for hydroxylation is 2. The van der Waals surface area contributed by atoms with Crippen LogP contribution in [0.25, 0.3) is 0 Å². The summed E-state index contributed by atoms with van der Waals surface area (Å²) in [6, 6.07) is 1.81. The summed E-state index contributed by atoms with van der Waals surface area (Å²) < 4.78 is 7.16. The van der Waals surface area contributed by atoms with Gasteiger partial charge < -0.3 is 14.7 Å². The van der Waals surface area contributed by atoms with Gasteiger partial charge in [0.2, 0.25) is 0 Å². The van der Waals surface area contributed by atoms with Gasteiger partial charge in [-0.25, -0.2) is 4.68 Å². The standard InChI is InChI=1S/C20H31N3O3/c24-19-12-17-4-1-2-5-18(17)21-23(19)13-16-6-9-22(10-7-16)14-20(25)8-3-11-26-15-20/h12,16,25H,1-11,13-15H2. The van der Waals surface area contributed by atoms with Crippen molar-refractivity contribution in [1.29, 1.82) is 0 Å². The molecule has 0 spiro atoms. The van der Waals surface area contributed by atoms with Crippen LogP contribution in [0.15, 0.2) is 10.9 Å². The fraction of sp³-hybridized carbons (Fsp3) is 0.800. The fourth-order valence-corrected chi connectivity index (χ4v) is 4.68. The molecule has 26 heavy (non-hydrogen) atoms. The van der Waals surface area contributed by atoms with Gasteiger partial charge in [-0.3, -0.25) is 4.79 Å². The van der Waals surface area contributed by atoms with E-state index in [4.69, 9.17) is 4.74 Å². The molecule has 1 atom stereocenters. The Labute approximate surface area is 155 Å². The van der Waals surface area contributed by atoms with Crippen molar-refractivity contribution in [3.8, 4) is 0 Å². The van der Waals surface area contributed by atoms with E-state index in [2.05, 4.69) is 10.00 Å². The molecule has 0 aromatic carbocycles. The highest BCUT2D eigenvalue weighted by Gasteiger charge is 2.33. The largest absolute Gasteiger partial charge is 0.386 e. The normalized spacial score (nSPS) is 28.0. The average molecular weight is 361 g/mol. The average Bonchev–Trinajstić information content (AvgIpc) is 2.64. The molecule has 3 heterocycles. The van der Waals surface area contributed by atoms with Crippen molar-refractivity contribution in [2.75, 3.05) is 32.8 Å². The molecule has 1 N–H and O–H groups in total. The van der Waals surface area contributed by atoms with E-state index in [1.165, 1.54) is 12.8 Å². The zero-order chi connectivity index (χ0) is 18.0. The number of fused-ring (bicyclic) bond motifs is 1. The minimum absolute atomic E-state index is 0.0572. The number of rotatable bonds is 4. The van der Waals surface area contributed by atoms with Crippen molar-refractivity contribution >= 4 is 0 Å². The van der Waals surface area contributed by atoms with Gasteiger partial charge in [0, 0.05) is 25.8 Å². The van der Waals surface area contributed by atoms with Crippen molar-refractivity contribution in [2.24, 2.45) is 5.92 Å². The summed E-state index contributed by atoms with van der Waals surface area (Å²) in [5.41, 5.74) is 1.67. The topological polar surface area (TPSA) is 67.6 Å². The van der Waals surface area contributed by atoms with Crippen LogP contribution in [-0.2, 0) is 24.1 Å². The minimum atomic E-state index is -0.678. The second-order valence-corrected chi connectivity index (χ2v) is 8.44. The predicted octanol–water partition coefficient (Wildman–Crippen LogP) is 1.38. The molecule has 1 aromatic rings. The highest BCUT2D eigenvalue weighted by molar-refractivity contribution is 5.20. The van der Waals surface area contributed by atoms with E-state index in [0.29, 0.717) is 19.1 Å². The van der Waals surface area contributed by atoms with Crippen LogP contribution >= 0.6 is 0 Å². The highest BCUT2D eigenvalue weighted by Crippen LogP contribution is 2.25. The molecular weight excluding hydrogens is 330 g/mol. The Morgan fingerprint density at radius 1 is 1.23 bits per heavy atom. The number of aromatic nitrogens is 2. The Morgan fingerprint density at radius 2 is 2.04 bits per heavy atom. The third-order valence-electron chi connectivity index (χ3n) is 6.23. The molecule has 0 saturated carbocycles. The van der Waals surface area contributed by atoms with Crippen LogP contribution in [0.3, 0.4) is 0 Å². The van der Waals surface area contributed by atoms with Crippen LogP contribution in [0.1, 0.15) is 49.8 Å². The quantitative estimate of drug-likeness (QED) is 0.877. The molecular formula is C20H31N3O3. The van der Waals surface area contributed by atoms with E-state index in [9.17, 15) is 9.90 Å². The Morgan fingerprint density at radius 3 is 2.81 bits per heavy atom. The Balaban J connectivity index is 1.32. The van der Waals surface area contributed by atoms with Crippen molar-refractivity contribution in [2.45, 2.75) is 63.5 Å². The molecule has 1 unspecified atom stereocenters. The molecule has 2 fully saturated rings. The van der Waals surface area contributed by atoms with Crippen molar-refractivity contribution in [3.63, 3.8) is 0 Å². The number of β-amino-alcohol motifs (C(OH)–C–C–N with tert-alkyl or cyclic N) is 1. The summed E-state index contributed by atoms with van der Waals surface area (Å²) in [6.07, 6.45) is 8.26. The van der Waals surface area contributed by atoms with E-state index in [0.717, 1.165) is 76.0 Å². The third kappa shape index (κ3) is 4.18. The monoisotopic (exact) mass is 361 g/mol. The van der Waals surface area contributed by atoms with E-state index in [1.807, 2.05) is 6.07 Å². The first-order chi connectivity index (χ1) is 12.6. The van der Waals surface area contributed by atoms with Gasteiger partial charge >= 0.3 is 0 Å². The van der Waals surface area contributed by atoms with Gasteiger partial charge in [-0.05, 0) is 75.9 Å². The summed E-state index contributed by atoms with van der Waals surface area (Å²) in [5, 5.41) is 15.3. The summed E-state index contributed by atoms with van der Waals surface area (Å²) >= 11 is 0. The van der Waals surface area contributed by atoms with Crippen molar-refractivity contribution in [1.82, 2.24) is 14.7 Å². The van der Waals surface area contributed by atoms with Crippen molar-refractivity contribution in [3.05, 3.63) is 27.7 Å². The summed E-state index contributed by atoms with van der Waals surface area (Å²) in [7, 11) is 0. The number of likely N-dealkylation sites (tertiary alicyclic amines) is 1.